The van der Waals surface area contributed by atoms with Gasteiger partial charge in [0.15, 0.2) is 0 Å². The Kier molecular flexibility index (Phi) is 3.98. The van der Waals surface area contributed by atoms with Gasteiger partial charge in [0.1, 0.15) is 10.7 Å². The Bertz CT molecular complexity index is 510. The van der Waals surface area contributed by atoms with Gasteiger partial charge in [0.05, 0.1) is 0 Å². The molecular formula is C11H14N4S2. The predicted molar refractivity (Wildman–Crippen MR) is 73.2 cm³/mol. The number of hydrogen-bond donors (Lipinski definition) is 2. The van der Waals surface area contributed by atoms with Crippen LogP contribution in [-0.4, -0.2) is 9.59 Å². The maximum absolute atomic E-state index is 5.39. The first-order valence-electron chi connectivity index (χ1n) is 5.18. The van der Waals surface area contributed by atoms with Gasteiger partial charge in [-0.05, 0) is 25.5 Å². The SMILES string of the molecule is Cc1ccc(C)c(SCc2nnsc2NN)c1. The van der Waals surface area contributed by atoms with Crippen molar-refractivity contribution in [1.29, 1.82) is 0 Å². The second kappa shape index (κ2) is 5.48. The summed E-state index contributed by atoms with van der Waals surface area (Å²) in [7, 11) is 0. The zero-order chi connectivity index (χ0) is 12.3. The number of anilines is 1. The van der Waals surface area contributed by atoms with Crippen molar-refractivity contribution in [2.24, 2.45) is 5.84 Å². The Morgan fingerprint density at radius 3 is 3.00 bits per heavy atom. The third-order valence-corrected chi connectivity index (χ3v) is 4.26. The van der Waals surface area contributed by atoms with Gasteiger partial charge in [0.25, 0.3) is 0 Å². The monoisotopic (exact) mass is 266 g/mol. The lowest BCUT2D eigenvalue weighted by Crippen LogP contribution is -2.06. The van der Waals surface area contributed by atoms with Crippen molar-refractivity contribution in [3.8, 4) is 0 Å². The molecule has 0 spiro atoms. The molecule has 0 aliphatic rings. The maximum atomic E-state index is 5.39. The standard InChI is InChI=1S/C11H14N4S2/c1-7-3-4-8(2)10(5-7)16-6-9-11(13-12)17-15-14-9/h3-5,13H,6,12H2,1-2H3. The van der Waals surface area contributed by atoms with Gasteiger partial charge in [0.2, 0.25) is 0 Å². The third-order valence-electron chi connectivity index (χ3n) is 2.39. The van der Waals surface area contributed by atoms with Gasteiger partial charge in [-0.3, -0.25) is 0 Å². The number of nitrogens with two attached hydrogens (primary N) is 1. The largest absolute Gasteiger partial charge is 0.313 e. The van der Waals surface area contributed by atoms with E-state index in [1.807, 2.05) is 0 Å². The van der Waals surface area contributed by atoms with Crippen molar-refractivity contribution in [2.45, 2.75) is 24.5 Å². The smallest absolute Gasteiger partial charge is 0.148 e. The molecule has 1 heterocycles. The van der Waals surface area contributed by atoms with Crippen LogP contribution in [0.3, 0.4) is 0 Å². The van der Waals surface area contributed by atoms with E-state index in [0.717, 1.165) is 16.4 Å². The van der Waals surface area contributed by atoms with Gasteiger partial charge in [-0.2, -0.15) is 0 Å². The number of aryl methyl sites for hydroxylation is 2. The molecule has 0 saturated heterocycles. The van der Waals surface area contributed by atoms with Gasteiger partial charge < -0.3 is 5.43 Å². The number of hydrazine groups is 1. The second-order valence-electron chi connectivity index (χ2n) is 3.75. The Hall–Kier alpha value is -1.11. The fourth-order valence-corrected chi connectivity index (χ4v) is 3.06. The molecule has 90 valence electrons. The maximum Gasteiger partial charge on any atom is 0.148 e. The van der Waals surface area contributed by atoms with Crippen molar-refractivity contribution < 1.29 is 0 Å². The molecule has 0 aliphatic carbocycles. The molecule has 1 aromatic heterocycles. The zero-order valence-corrected chi connectivity index (χ0v) is 11.4. The summed E-state index contributed by atoms with van der Waals surface area (Å²) in [6.45, 7) is 4.21. The lowest BCUT2D eigenvalue weighted by Gasteiger charge is -2.06. The van der Waals surface area contributed by atoms with Crippen LogP contribution in [0.1, 0.15) is 16.8 Å². The molecule has 0 bridgehead atoms. The van der Waals surface area contributed by atoms with E-state index in [-0.39, 0.29) is 0 Å². The fraction of sp³-hybridized carbons (Fsp3) is 0.273. The van der Waals surface area contributed by atoms with Crippen LogP contribution in [0.4, 0.5) is 5.00 Å². The minimum Gasteiger partial charge on any atom is -0.313 e. The van der Waals surface area contributed by atoms with Crippen molar-refractivity contribution >= 4 is 28.3 Å². The molecule has 3 N–H and O–H groups in total. The van der Waals surface area contributed by atoms with Crippen molar-refractivity contribution in [2.75, 3.05) is 5.43 Å². The van der Waals surface area contributed by atoms with E-state index >= 15 is 0 Å². The van der Waals surface area contributed by atoms with Crippen LogP contribution in [0.5, 0.6) is 0 Å². The van der Waals surface area contributed by atoms with Crippen molar-refractivity contribution in [3.05, 3.63) is 35.0 Å². The highest BCUT2D eigenvalue weighted by Crippen LogP contribution is 2.29. The molecular weight excluding hydrogens is 252 g/mol. The van der Waals surface area contributed by atoms with E-state index in [4.69, 9.17) is 5.84 Å². The van der Waals surface area contributed by atoms with Crippen LogP contribution in [0.15, 0.2) is 23.1 Å². The summed E-state index contributed by atoms with van der Waals surface area (Å²) in [5.74, 6) is 6.17. The minimum absolute atomic E-state index is 0.778. The van der Waals surface area contributed by atoms with Crippen LogP contribution in [0.25, 0.3) is 0 Å². The van der Waals surface area contributed by atoms with Crippen molar-refractivity contribution in [3.63, 3.8) is 0 Å². The molecule has 6 heteroatoms. The average Bonchev–Trinajstić information content (AvgIpc) is 2.77. The topological polar surface area (TPSA) is 63.8 Å². The van der Waals surface area contributed by atoms with E-state index < -0.39 is 0 Å². The van der Waals surface area contributed by atoms with E-state index in [9.17, 15) is 0 Å². The van der Waals surface area contributed by atoms with E-state index in [2.05, 4.69) is 47.1 Å². The first kappa shape index (κ1) is 12.3. The van der Waals surface area contributed by atoms with E-state index in [0.29, 0.717) is 0 Å². The van der Waals surface area contributed by atoms with Crippen LogP contribution in [0.2, 0.25) is 0 Å². The number of aromatic nitrogens is 2. The molecule has 2 rings (SSSR count). The second-order valence-corrected chi connectivity index (χ2v) is 5.52. The van der Waals surface area contributed by atoms with Gasteiger partial charge in [-0.1, -0.05) is 22.2 Å². The molecule has 0 unspecified atom stereocenters. The number of nitrogens with one attached hydrogen (secondary N) is 1. The normalized spacial score (nSPS) is 10.5. The molecule has 0 saturated carbocycles. The molecule has 4 nitrogen and oxygen atoms in total. The first-order valence-corrected chi connectivity index (χ1v) is 6.94. The molecule has 0 aliphatic heterocycles. The van der Waals surface area contributed by atoms with Gasteiger partial charge in [0, 0.05) is 22.2 Å². The molecule has 0 fully saturated rings. The lowest BCUT2D eigenvalue weighted by atomic mass is 10.2. The summed E-state index contributed by atoms with van der Waals surface area (Å²) in [6.07, 6.45) is 0. The van der Waals surface area contributed by atoms with Gasteiger partial charge in [-0.25, -0.2) is 5.84 Å². The Balaban J connectivity index is 2.09. The van der Waals surface area contributed by atoms with Gasteiger partial charge >= 0.3 is 0 Å². The highest BCUT2D eigenvalue weighted by atomic mass is 32.2. The predicted octanol–water partition coefficient (Wildman–Crippen LogP) is 2.73. The number of benzene rings is 1. The Morgan fingerprint density at radius 1 is 1.41 bits per heavy atom. The number of nitrogen functional groups attached to an aromatic ring is 1. The summed E-state index contributed by atoms with van der Waals surface area (Å²) in [5, 5.41) is 4.90. The number of hydrogen-bond acceptors (Lipinski definition) is 6. The highest BCUT2D eigenvalue weighted by Gasteiger charge is 2.08. The van der Waals surface area contributed by atoms with E-state index in [1.54, 1.807) is 11.8 Å². The highest BCUT2D eigenvalue weighted by molar-refractivity contribution is 7.98. The zero-order valence-electron chi connectivity index (χ0n) is 9.73. The van der Waals surface area contributed by atoms with E-state index in [1.165, 1.54) is 27.6 Å². The summed E-state index contributed by atoms with van der Waals surface area (Å²) >= 11 is 3.04. The van der Waals surface area contributed by atoms with Gasteiger partial charge in [-0.15, -0.1) is 16.9 Å². The molecule has 1 aromatic carbocycles. The summed E-state index contributed by atoms with van der Waals surface area (Å²) < 4.78 is 3.88. The summed E-state index contributed by atoms with van der Waals surface area (Å²) in [4.78, 5) is 1.28. The molecule has 0 atom stereocenters. The van der Waals surface area contributed by atoms with Crippen LogP contribution in [-0.2, 0) is 5.75 Å². The summed E-state index contributed by atoms with van der Waals surface area (Å²) in [5.41, 5.74) is 6.08. The number of rotatable bonds is 4. The minimum atomic E-state index is 0.778. The molecule has 17 heavy (non-hydrogen) atoms. The molecule has 2 aromatic rings. The first-order chi connectivity index (χ1) is 8.20. The van der Waals surface area contributed by atoms with Crippen LogP contribution in [0, 0.1) is 13.8 Å². The lowest BCUT2D eigenvalue weighted by molar-refractivity contribution is 1.07. The summed E-state index contributed by atoms with van der Waals surface area (Å²) in [6, 6.07) is 6.45. The third kappa shape index (κ3) is 2.96. The van der Waals surface area contributed by atoms with Crippen LogP contribution >= 0.6 is 23.3 Å². The average molecular weight is 266 g/mol. The van der Waals surface area contributed by atoms with Crippen LogP contribution < -0.4 is 11.3 Å². The fourth-order valence-electron chi connectivity index (χ4n) is 1.42. The Morgan fingerprint density at radius 2 is 2.24 bits per heavy atom. The number of thioether (sulfide) groups is 1. The van der Waals surface area contributed by atoms with Crippen molar-refractivity contribution in [1.82, 2.24) is 9.59 Å². The number of nitrogens with zero attached hydrogens (tertiary/aromatic N) is 2. The Labute approximate surface area is 109 Å². The molecule has 0 amide bonds. The quantitative estimate of drug-likeness (QED) is 0.506. The molecule has 0 radical (unpaired) electrons.